The van der Waals surface area contributed by atoms with Crippen molar-refractivity contribution in [3.8, 4) is 0 Å². The Labute approximate surface area is 138 Å². The summed E-state index contributed by atoms with van der Waals surface area (Å²) >= 11 is 5.83. The van der Waals surface area contributed by atoms with Gasteiger partial charge in [0.25, 0.3) is 0 Å². The predicted molar refractivity (Wildman–Crippen MR) is 88.4 cm³/mol. The summed E-state index contributed by atoms with van der Waals surface area (Å²) in [5.74, 6) is 0.955. The number of aromatic nitrogens is 5. The lowest BCUT2D eigenvalue weighted by Crippen LogP contribution is -2.46. The quantitative estimate of drug-likeness (QED) is 0.738. The van der Waals surface area contributed by atoms with E-state index in [0.717, 1.165) is 49.6 Å². The monoisotopic (exact) mass is 329 g/mol. The van der Waals surface area contributed by atoms with Crippen molar-refractivity contribution in [3.05, 3.63) is 41.6 Å². The fourth-order valence-corrected chi connectivity index (χ4v) is 2.99. The number of fused-ring (bicyclic) bond motifs is 1. The molecule has 1 N–H and O–H groups in total. The zero-order chi connectivity index (χ0) is 15.6. The lowest BCUT2D eigenvalue weighted by Gasteiger charge is -2.35. The Morgan fingerprint density at radius 1 is 1.04 bits per heavy atom. The first-order valence-electron chi connectivity index (χ1n) is 7.51. The van der Waals surface area contributed by atoms with E-state index >= 15 is 0 Å². The van der Waals surface area contributed by atoms with E-state index in [4.69, 9.17) is 11.6 Å². The van der Waals surface area contributed by atoms with E-state index in [1.54, 1.807) is 12.5 Å². The number of hydrogen-bond acceptors (Lipinski definition) is 6. The van der Waals surface area contributed by atoms with E-state index in [1.807, 2.05) is 18.3 Å². The molecular formula is C15H16ClN7. The molecule has 3 aromatic heterocycles. The highest BCUT2D eigenvalue weighted by Crippen LogP contribution is 2.22. The van der Waals surface area contributed by atoms with Gasteiger partial charge in [-0.15, -0.1) is 0 Å². The Kier molecular flexibility index (Phi) is 3.80. The van der Waals surface area contributed by atoms with Gasteiger partial charge in [-0.1, -0.05) is 17.7 Å². The molecule has 1 saturated heterocycles. The molecule has 0 spiro atoms. The van der Waals surface area contributed by atoms with E-state index < -0.39 is 0 Å². The molecule has 0 amide bonds. The van der Waals surface area contributed by atoms with Crippen molar-refractivity contribution in [1.82, 2.24) is 30.0 Å². The maximum atomic E-state index is 5.83. The van der Waals surface area contributed by atoms with Gasteiger partial charge in [0.2, 0.25) is 0 Å². The van der Waals surface area contributed by atoms with Crippen molar-refractivity contribution in [3.63, 3.8) is 0 Å². The Morgan fingerprint density at radius 3 is 2.70 bits per heavy atom. The number of nitrogens with zero attached hydrogens (tertiary/aromatic N) is 6. The number of aromatic amines is 1. The average Bonchev–Trinajstić information content (AvgIpc) is 3.06. The van der Waals surface area contributed by atoms with Gasteiger partial charge in [0.1, 0.15) is 17.3 Å². The molecule has 8 heteroatoms. The van der Waals surface area contributed by atoms with Crippen LogP contribution in [0.25, 0.3) is 11.0 Å². The van der Waals surface area contributed by atoms with Gasteiger partial charge in [0, 0.05) is 38.9 Å². The molecule has 4 heterocycles. The van der Waals surface area contributed by atoms with Crippen molar-refractivity contribution in [2.75, 3.05) is 31.1 Å². The fraction of sp³-hybridized carbons (Fsp3) is 0.333. The van der Waals surface area contributed by atoms with Gasteiger partial charge < -0.3 is 4.90 Å². The number of nitrogens with one attached hydrogen (secondary N) is 1. The lowest BCUT2D eigenvalue weighted by molar-refractivity contribution is 0.249. The van der Waals surface area contributed by atoms with Crippen molar-refractivity contribution in [2.45, 2.75) is 6.54 Å². The summed E-state index contributed by atoms with van der Waals surface area (Å²) in [5.41, 5.74) is 1.96. The zero-order valence-corrected chi connectivity index (χ0v) is 13.2. The largest absolute Gasteiger partial charge is 0.353 e. The van der Waals surface area contributed by atoms with Crippen LogP contribution in [0.15, 0.2) is 30.9 Å². The molecule has 0 aromatic carbocycles. The first kappa shape index (κ1) is 14.3. The van der Waals surface area contributed by atoms with Crippen LogP contribution >= 0.6 is 11.6 Å². The van der Waals surface area contributed by atoms with Crippen LogP contribution < -0.4 is 4.90 Å². The van der Waals surface area contributed by atoms with E-state index in [2.05, 4.69) is 34.9 Å². The number of anilines is 1. The van der Waals surface area contributed by atoms with E-state index in [-0.39, 0.29) is 0 Å². The van der Waals surface area contributed by atoms with Gasteiger partial charge >= 0.3 is 0 Å². The van der Waals surface area contributed by atoms with Gasteiger partial charge in [-0.2, -0.15) is 5.10 Å². The van der Waals surface area contributed by atoms with Crippen LogP contribution in [-0.2, 0) is 6.54 Å². The Morgan fingerprint density at radius 2 is 1.91 bits per heavy atom. The maximum Gasteiger partial charge on any atom is 0.160 e. The van der Waals surface area contributed by atoms with Crippen LogP contribution in [0.3, 0.4) is 0 Å². The lowest BCUT2D eigenvalue weighted by atomic mass is 10.2. The van der Waals surface area contributed by atoms with E-state index in [0.29, 0.717) is 5.15 Å². The van der Waals surface area contributed by atoms with Gasteiger partial charge in [0.15, 0.2) is 5.65 Å². The third-order valence-corrected chi connectivity index (χ3v) is 4.32. The number of halogens is 1. The molecule has 4 rings (SSSR count). The summed E-state index contributed by atoms with van der Waals surface area (Å²) < 4.78 is 0. The van der Waals surface area contributed by atoms with Crippen LogP contribution in [0.2, 0.25) is 5.15 Å². The highest BCUT2D eigenvalue weighted by molar-refractivity contribution is 6.29. The summed E-state index contributed by atoms with van der Waals surface area (Å²) in [7, 11) is 0. The normalized spacial score (nSPS) is 16.1. The standard InChI is InChI=1S/C15H16ClN7/c16-13-2-1-11(7-17-13)9-22-3-5-23(6-4-22)15-12-8-20-21-14(12)18-10-19-15/h1-2,7-8,10H,3-6,9H2,(H,18,19,20,21). The minimum Gasteiger partial charge on any atom is -0.353 e. The molecule has 0 unspecified atom stereocenters. The average molecular weight is 330 g/mol. The van der Waals surface area contributed by atoms with Crippen LogP contribution in [0.5, 0.6) is 0 Å². The molecule has 118 valence electrons. The summed E-state index contributed by atoms with van der Waals surface area (Å²) in [4.78, 5) is 17.5. The van der Waals surface area contributed by atoms with Crippen LogP contribution in [0, 0.1) is 0 Å². The number of pyridine rings is 1. The molecule has 0 radical (unpaired) electrons. The summed E-state index contributed by atoms with van der Waals surface area (Å²) in [6.07, 6.45) is 5.21. The topological polar surface area (TPSA) is 73.8 Å². The predicted octanol–water partition coefficient (Wildman–Crippen LogP) is 1.72. The molecule has 1 aliphatic heterocycles. The third-order valence-electron chi connectivity index (χ3n) is 4.09. The Bertz CT molecular complexity index is 793. The molecule has 0 aliphatic carbocycles. The first-order valence-corrected chi connectivity index (χ1v) is 7.89. The van der Waals surface area contributed by atoms with E-state index in [1.165, 1.54) is 5.56 Å². The molecule has 1 aliphatic rings. The molecule has 23 heavy (non-hydrogen) atoms. The Balaban J connectivity index is 1.43. The minimum absolute atomic E-state index is 0.534. The molecular weight excluding hydrogens is 314 g/mol. The number of rotatable bonds is 3. The Hall–Kier alpha value is -2.25. The molecule has 1 fully saturated rings. The van der Waals surface area contributed by atoms with Crippen LogP contribution in [-0.4, -0.2) is 56.2 Å². The summed E-state index contributed by atoms with van der Waals surface area (Å²) in [5, 5.41) is 8.45. The second-order valence-electron chi connectivity index (χ2n) is 5.58. The summed E-state index contributed by atoms with van der Waals surface area (Å²) in [6, 6.07) is 3.87. The maximum absolute atomic E-state index is 5.83. The molecule has 0 atom stereocenters. The minimum atomic E-state index is 0.534. The van der Waals surface area contributed by atoms with Crippen molar-refractivity contribution in [2.24, 2.45) is 0 Å². The van der Waals surface area contributed by atoms with Gasteiger partial charge in [-0.3, -0.25) is 10.00 Å². The molecule has 0 bridgehead atoms. The molecule has 0 saturated carbocycles. The van der Waals surface area contributed by atoms with Gasteiger partial charge in [-0.25, -0.2) is 15.0 Å². The fourth-order valence-electron chi connectivity index (χ4n) is 2.88. The highest BCUT2D eigenvalue weighted by atomic mass is 35.5. The van der Waals surface area contributed by atoms with Gasteiger partial charge in [0.05, 0.1) is 11.6 Å². The number of H-pyrrole nitrogens is 1. The second-order valence-corrected chi connectivity index (χ2v) is 5.97. The molecule has 3 aromatic rings. The van der Waals surface area contributed by atoms with Crippen molar-refractivity contribution in [1.29, 1.82) is 0 Å². The smallest absolute Gasteiger partial charge is 0.160 e. The number of hydrogen-bond donors (Lipinski definition) is 1. The number of piperazine rings is 1. The first-order chi connectivity index (χ1) is 11.3. The van der Waals surface area contributed by atoms with Crippen LogP contribution in [0.1, 0.15) is 5.56 Å². The zero-order valence-electron chi connectivity index (χ0n) is 12.5. The van der Waals surface area contributed by atoms with Gasteiger partial charge in [-0.05, 0) is 11.6 Å². The summed E-state index contributed by atoms with van der Waals surface area (Å²) in [6.45, 7) is 4.71. The highest BCUT2D eigenvalue weighted by Gasteiger charge is 2.20. The van der Waals surface area contributed by atoms with Crippen molar-refractivity contribution < 1.29 is 0 Å². The third kappa shape index (κ3) is 2.97. The second kappa shape index (κ2) is 6.10. The van der Waals surface area contributed by atoms with E-state index in [9.17, 15) is 0 Å². The van der Waals surface area contributed by atoms with Crippen LogP contribution in [0.4, 0.5) is 5.82 Å². The molecule has 7 nitrogen and oxygen atoms in total. The van der Waals surface area contributed by atoms with Crippen molar-refractivity contribution >= 4 is 28.5 Å². The SMILES string of the molecule is Clc1ccc(CN2CCN(c3ncnc4[nH]ncc34)CC2)cn1.